The summed E-state index contributed by atoms with van der Waals surface area (Å²) in [5, 5.41) is 6.65. The Morgan fingerprint density at radius 2 is 2.04 bits per heavy atom. The molecule has 0 aliphatic carbocycles. The first-order valence-corrected chi connectivity index (χ1v) is 7.90. The molecule has 24 heavy (non-hydrogen) atoms. The van der Waals surface area contributed by atoms with Crippen LogP contribution in [0.3, 0.4) is 0 Å². The first-order valence-electron chi connectivity index (χ1n) is 7.90. The van der Waals surface area contributed by atoms with E-state index in [1.54, 1.807) is 0 Å². The molecule has 126 valence electrons. The number of nitrogens with one attached hydrogen (secondary N) is 1. The number of carbonyl (C=O) groups excluding carboxylic acids is 1. The largest absolute Gasteiger partial charge is 0.481 e. The Labute approximate surface area is 142 Å². The number of hydrogen-bond donors (Lipinski definition) is 1. The van der Waals surface area contributed by atoms with E-state index in [2.05, 4.69) is 22.3 Å². The molecular formula is C19H22N2O3. The fraction of sp³-hybridized carbons (Fsp3) is 0.368. The monoisotopic (exact) mass is 326 g/mol. The van der Waals surface area contributed by atoms with Crippen molar-refractivity contribution in [3.63, 3.8) is 0 Å². The minimum absolute atomic E-state index is 0.0378. The zero-order valence-corrected chi connectivity index (χ0v) is 14.3. The summed E-state index contributed by atoms with van der Waals surface area (Å²) in [6.45, 7) is 6.34. The molecule has 1 heterocycles. The van der Waals surface area contributed by atoms with E-state index >= 15 is 0 Å². The van der Waals surface area contributed by atoms with Crippen LogP contribution in [-0.2, 0) is 11.2 Å². The lowest BCUT2D eigenvalue weighted by Crippen LogP contribution is -2.24. The third-order valence-electron chi connectivity index (χ3n) is 3.68. The van der Waals surface area contributed by atoms with Crippen molar-refractivity contribution >= 4 is 5.91 Å². The minimum Gasteiger partial charge on any atom is -0.481 e. The normalized spacial score (nSPS) is 9.96. The lowest BCUT2D eigenvalue weighted by atomic mass is 10.1. The maximum atomic E-state index is 11.8. The van der Waals surface area contributed by atoms with E-state index in [0.717, 1.165) is 28.3 Å². The molecule has 2 aromatic rings. The van der Waals surface area contributed by atoms with Crippen molar-refractivity contribution in [2.75, 3.05) is 13.2 Å². The SMILES string of the molecule is Cc1ccccc1OCC#CCNC(=O)CCc1c(C)noc1C. The van der Waals surface area contributed by atoms with Crippen molar-refractivity contribution in [2.24, 2.45) is 0 Å². The van der Waals surface area contributed by atoms with E-state index in [1.165, 1.54) is 0 Å². The fourth-order valence-corrected chi connectivity index (χ4v) is 2.27. The van der Waals surface area contributed by atoms with E-state index < -0.39 is 0 Å². The number of aryl methyl sites for hydroxylation is 3. The second-order valence-electron chi connectivity index (χ2n) is 5.49. The van der Waals surface area contributed by atoms with Crippen LogP contribution in [0.2, 0.25) is 0 Å². The lowest BCUT2D eigenvalue weighted by Gasteiger charge is -2.04. The second-order valence-corrected chi connectivity index (χ2v) is 5.49. The first kappa shape index (κ1) is 17.6. The predicted octanol–water partition coefficient (Wildman–Crippen LogP) is 2.73. The van der Waals surface area contributed by atoms with Gasteiger partial charge in [0.25, 0.3) is 0 Å². The number of amides is 1. The van der Waals surface area contributed by atoms with Crippen molar-refractivity contribution in [1.29, 1.82) is 0 Å². The third kappa shape index (κ3) is 5.17. The number of ether oxygens (including phenoxy) is 1. The Morgan fingerprint density at radius 1 is 1.25 bits per heavy atom. The van der Waals surface area contributed by atoms with Crippen molar-refractivity contribution in [3.8, 4) is 17.6 Å². The molecule has 5 heteroatoms. The molecule has 0 saturated carbocycles. The van der Waals surface area contributed by atoms with Crippen molar-refractivity contribution in [3.05, 3.63) is 46.8 Å². The van der Waals surface area contributed by atoms with E-state index in [0.29, 0.717) is 26.0 Å². The molecule has 0 atom stereocenters. The van der Waals surface area contributed by atoms with Crippen LogP contribution in [0.1, 0.15) is 29.0 Å². The summed E-state index contributed by atoms with van der Waals surface area (Å²) < 4.78 is 10.6. The molecule has 0 bridgehead atoms. The van der Waals surface area contributed by atoms with Crippen LogP contribution >= 0.6 is 0 Å². The van der Waals surface area contributed by atoms with Crippen molar-refractivity contribution in [2.45, 2.75) is 33.6 Å². The fourth-order valence-electron chi connectivity index (χ4n) is 2.27. The summed E-state index contributed by atoms with van der Waals surface area (Å²) in [6, 6.07) is 7.79. The van der Waals surface area contributed by atoms with Gasteiger partial charge in [0.1, 0.15) is 18.1 Å². The molecule has 0 aliphatic rings. The Hall–Kier alpha value is -2.74. The van der Waals surface area contributed by atoms with Gasteiger partial charge in [-0.3, -0.25) is 4.79 Å². The van der Waals surface area contributed by atoms with Crippen molar-refractivity contribution in [1.82, 2.24) is 10.5 Å². The van der Waals surface area contributed by atoms with Gasteiger partial charge < -0.3 is 14.6 Å². The smallest absolute Gasteiger partial charge is 0.221 e. The van der Waals surface area contributed by atoms with Gasteiger partial charge in [-0.1, -0.05) is 35.2 Å². The van der Waals surface area contributed by atoms with Gasteiger partial charge in [0.15, 0.2) is 0 Å². The summed E-state index contributed by atoms with van der Waals surface area (Å²) in [7, 11) is 0. The highest BCUT2D eigenvalue weighted by atomic mass is 16.5. The summed E-state index contributed by atoms with van der Waals surface area (Å²) in [4.78, 5) is 11.8. The molecule has 1 aromatic carbocycles. The van der Waals surface area contributed by atoms with Crippen LogP contribution in [0.25, 0.3) is 0 Å². The Morgan fingerprint density at radius 3 is 2.75 bits per heavy atom. The topological polar surface area (TPSA) is 64.4 Å². The van der Waals surface area contributed by atoms with E-state index in [1.807, 2.05) is 45.0 Å². The van der Waals surface area contributed by atoms with Crippen LogP contribution in [0.4, 0.5) is 0 Å². The summed E-state index contributed by atoms with van der Waals surface area (Å²) in [5.41, 5.74) is 2.92. The highest BCUT2D eigenvalue weighted by molar-refractivity contribution is 5.76. The second kappa shape index (κ2) is 8.78. The van der Waals surface area contributed by atoms with Gasteiger partial charge in [-0.15, -0.1) is 0 Å². The van der Waals surface area contributed by atoms with E-state index in [-0.39, 0.29) is 5.91 Å². The van der Waals surface area contributed by atoms with Gasteiger partial charge in [0.05, 0.1) is 12.2 Å². The van der Waals surface area contributed by atoms with Gasteiger partial charge in [-0.25, -0.2) is 0 Å². The number of rotatable bonds is 6. The number of nitrogens with zero attached hydrogens (tertiary/aromatic N) is 1. The molecule has 0 unspecified atom stereocenters. The zero-order valence-electron chi connectivity index (χ0n) is 14.3. The highest BCUT2D eigenvalue weighted by Gasteiger charge is 2.10. The molecule has 0 saturated heterocycles. The quantitative estimate of drug-likeness (QED) is 0.829. The number of hydrogen-bond acceptors (Lipinski definition) is 4. The Kier molecular flexibility index (Phi) is 6.44. The van der Waals surface area contributed by atoms with E-state index in [9.17, 15) is 4.79 Å². The minimum atomic E-state index is -0.0378. The van der Waals surface area contributed by atoms with Crippen LogP contribution in [-0.4, -0.2) is 24.2 Å². The lowest BCUT2D eigenvalue weighted by molar-refractivity contribution is -0.120. The molecule has 1 aromatic heterocycles. The molecule has 1 N–H and O–H groups in total. The van der Waals surface area contributed by atoms with Crippen LogP contribution in [0.5, 0.6) is 5.75 Å². The molecule has 0 radical (unpaired) electrons. The molecule has 0 spiro atoms. The Balaban J connectivity index is 1.65. The summed E-state index contributed by atoms with van der Waals surface area (Å²) >= 11 is 0. The van der Waals surface area contributed by atoms with Gasteiger partial charge in [-0.05, 0) is 38.8 Å². The molecule has 0 aliphatic heterocycles. The first-order chi connectivity index (χ1) is 11.6. The third-order valence-corrected chi connectivity index (χ3v) is 3.68. The van der Waals surface area contributed by atoms with Gasteiger partial charge in [0, 0.05) is 12.0 Å². The van der Waals surface area contributed by atoms with Gasteiger partial charge in [0.2, 0.25) is 5.91 Å². The average molecular weight is 326 g/mol. The highest BCUT2D eigenvalue weighted by Crippen LogP contribution is 2.15. The zero-order chi connectivity index (χ0) is 17.4. The van der Waals surface area contributed by atoms with Gasteiger partial charge >= 0.3 is 0 Å². The molecule has 1 amide bonds. The van der Waals surface area contributed by atoms with Crippen LogP contribution in [0.15, 0.2) is 28.8 Å². The summed E-state index contributed by atoms with van der Waals surface area (Å²) in [6.07, 6.45) is 1.01. The van der Waals surface area contributed by atoms with Crippen LogP contribution in [0, 0.1) is 32.6 Å². The maximum Gasteiger partial charge on any atom is 0.221 e. The number of benzene rings is 1. The number of carbonyl (C=O) groups is 1. The average Bonchev–Trinajstić information content (AvgIpc) is 2.89. The number of aromatic nitrogens is 1. The maximum absolute atomic E-state index is 11.8. The molecular weight excluding hydrogens is 304 g/mol. The standard InChI is InChI=1S/C19H22N2O3/c1-14-8-4-5-9-18(14)23-13-7-6-12-20-19(22)11-10-17-15(2)21-24-16(17)3/h4-5,8-9H,10-13H2,1-3H3,(H,20,22). The van der Waals surface area contributed by atoms with Crippen molar-refractivity contribution < 1.29 is 14.1 Å². The molecule has 2 rings (SSSR count). The van der Waals surface area contributed by atoms with Crippen LogP contribution < -0.4 is 10.1 Å². The summed E-state index contributed by atoms with van der Waals surface area (Å²) in [5.74, 6) is 7.34. The molecule has 5 nitrogen and oxygen atoms in total. The molecule has 0 fully saturated rings. The predicted molar refractivity (Wildman–Crippen MR) is 91.8 cm³/mol. The van der Waals surface area contributed by atoms with E-state index in [4.69, 9.17) is 9.26 Å². The number of para-hydroxylation sites is 1. The van der Waals surface area contributed by atoms with Gasteiger partial charge in [-0.2, -0.15) is 0 Å². The Bertz CT molecular complexity index is 734.